The number of nitrogens with one attached hydrogen (secondary N) is 3. The van der Waals surface area contributed by atoms with Crippen LogP contribution in [0, 0.1) is 5.92 Å². The van der Waals surface area contributed by atoms with E-state index in [2.05, 4.69) is 40.9 Å². The summed E-state index contributed by atoms with van der Waals surface area (Å²) in [5.74, 6) is 0.644. The minimum absolute atomic E-state index is 0.0632. The van der Waals surface area contributed by atoms with Gasteiger partial charge in [-0.3, -0.25) is 4.79 Å². The zero-order chi connectivity index (χ0) is 27.7. The molecule has 3 rings (SSSR count). The largest absolute Gasteiger partial charge is 0.394 e. The SMILES string of the molecule is CC(C)[C@@H](CO)Nc1nc(Nc2ccc(C(=O)NCCOCCN=[N+]=[N-])c(Cl)c2)c2ncn(C(C)C)c2n1. The lowest BCUT2D eigenvalue weighted by atomic mass is 10.1. The predicted molar refractivity (Wildman–Crippen MR) is 147 cm³/mol. The molecule has 0 radical (unpaired) electrons. The molecular formula is C24H33ClN10O3. The second kappa shape index (κ2) is 13.8. The summed E-state index contributed by atoms with van der Waals surface area (Å²) in [5, 5.41) is 22.6. The molecule has 0 saturated carbocycles. The van der Waals surface area contributed by atoms with E-state index in [-0.39, 0.29) is 61.8 Å². The van der Waals surface area contributed by atoms with E-state index < -0.39 is 0 Å². The second-order valence-corrected chi connectivity index (χ2v) is 9.54. The number of aliphatic hydroxyl groups is 1. The number of benzene rings is 1. The highest BCUT2D eigenvalue weighted by Gasteiger charge is 2.19. The number of anilines is 3. The summed E-state index contributed by atoms with van der Waals surface area (Å²) in [6.07, 6.45) is 1.71. The average Bonchev–Trinajstić information content (AvgIpc) is 3.31. The third-order valence-electron chi connectivity index (χ3n) is 5.70. The Bertz CT molecular complexity index is 1290. The molecule has 0 saturated heterocycles. The van der Waals surface area contributed by atoms with E-state index in [0.717, 1.165) is 0 Å². The van der Waals surface area contributed by atoms with Gasteiger partial charge in [-0.05, 0) is 43.5 Å². The van der Waals surface area contributed by atoms with Crippen LogP contribution in [0.5, 0.6) is 0 Å². The minimum atomic E-state index is -0.337. The van der Waals surface area contributed by atoms with Gasteiger partial charge in [0.15, 0.2) is 17.0 Å². The summed E-state index contributed by atoms with van der Waals surface area (Å²) in [4.78, 5) is 29.0. The van der Waals surface area contributed by atoms with Crippen molar-refractivity contribution in [1.29, 1.82) is 0 Å². The molecule has 0 bridgehead atoms. The van der Waals surface area contributed by atoms with Gasteiger partial charge < -0.3 is 30.4 Å². The molecule has 0 unspecified atom stereocenters. The third-order valence-corrected chi connectivity index (χ3v) is 6.01. The quantitative estimate of drug-likeness (QED) is 0.100. The summed E-state index contributed by atoms with van der Waals surface area (Å²) in [6.45, 7) is 9.09. The highest BCUT2D eigenvalue weighted by Crippen LogP contribution is 2.28. The maximum absolute atomic E-state index is 12.5. The molecule has 2 aromatic heterocycles. The zero-order valence-corrected chi connectivity index (χ0v) is 22.6. The van der Waals surface area contributed by atoms with Crippen molar-refractivity contribution in [2.45, 2.75) is 39.8 Å². The number of rotatable bonds is 14. The molecule has 13 nitrogen and oxygen atoms in total. The fraction of sp³-hybridized carbons (Fsp3) is 0.500. The smallest absolute Gasteiger partial charge is 0.252 e. The number of amides is 1. The number of carbonyl (C=O) groups is 1. The van der Waals surface area contributed by atoms with Crippen LogP contribution in [0.3, 0.4) is 0 Å². The van der Waals surface area contributed by atoms with E-state index in [1.807, 2.05) is 32.3 Å². The normalized spacial score (nSPS) is 12.0. The monoisotopic (exact) mass is 544 g/mol. The first kappa shape index (κ1) is 28.9. The van der Waals surface area contributed by atoms with Crippen LogP contribution in [0.4, 0.5) is 17.5 Å². The van der Waals surface area contributed by atoms with Crippen LogP contribution in [0.2, 0.25) is 5.02 Å². The molecule has 1 atom stereocenters. The highest BCUT2D eigenvalue weighted by molar-refractivity contribution is 6.34. The Labute approximate surface area is 225 Å². The summed E-state index contributed by atoms with van der Waals surface area (Å²) in [7, 11) is 0. The average molecular weight is 545 g/mol. The lowest BCUT2D eigenvalue weighted by Crippen LogP contribution is -2.30. The number of azide groups is 1. The van der Waals surface area contributed by atoms with Gasteiger partial charge in [-0.15, -0.1) is 0 Å². The van der Waals surface area contributed by atoms with Crippen LogP contribution in [-0.4, -0.2) is 69.5 Å². The van der Waals surface area contributed by atoms with Gasteiger partial charge in [0.25, 0.3) is 5.91 Å². The van der Waals surface area contributed by atoms with Crippen LogP contribution in [0.25, 0.3) is 21.6 Å². The Hall–Kier alpha value is -3.64. The number of aliphatic hydroxyl groups excluding tert-OH is 1. The Kier molecular flexibility index (Phi) is 10.5. The van der Waals surface area contributed by atoms with E-state index in [4.69, 9.17) is 21.9 Å². The van der Waals surface area contributed by atoms with E-state index in [1.54, 1.807) is 24.5 Å². The molecule has 14 heteroatoms. The fourth-order valence-electron chi connectivity index (χ4n) is 3.53. The lowest BCUT2D eigenvalue weighted by molar-refractivity contribution is 0.0920. The fourth-order valence-corrected chi connectivity index (χ4v) is 3.80. The Morgan fingerprint density at radius 2 is 2.05 bits per heavy atom. The van der Waals surface area contributed by atoms with Crippen LogP contribution < -0.4 is 16.0 Å². The molecule has 0 aliphatic carbocycles. The molecule has 38 heavy (non-hydrogen) atoms. The van der Waals surface area contributed by atoms with Crippen molar-refractivity contribution in [2.75, 3.05) is 43.5 Å². The number of fused-ring (bicyclic) bond motifs is 1. The van der Waals surface area contributed by atoms with Gasteiger partial charge in [-0.1, -0.05) is 30.6 Å². The number of hydrogen-bond donors (Lipinski definition) is 4. The molecule has 1 aromatic carbocycles. The Balaban J connectivity index is 1.78. The van der Waals surface area contributed by atoms with Crippen LogP contribution in [-0.2, 0) is 4.74 Å². The molecule has 0 fully saturated rings. The molecule has 0 spiro atoms. The topological polar surface area (TPSA) is 175 Å². The number of aromatic nitrogens is 4. The molecule has 3 aromatic rings. The van der Waals surface area contributed by atoms with Gasteiger partial charge in [-0.25, -0.2) is 4.98 Å². The number of halogens is 1. The summed E-state index contributed by atoms with van der Waals surface area (Å²) in [6, 6.07) is 4.88. The maximum Gasteiger partial charge on any atom is 0.252 e. The third kappa shape index (κ3) is 7.45. The maximum atomic E-state index is 12.5. The van der Waals surface area contributed by atoms with E-state index in [9.17, 15) is 9.90 Å². The van der Waals surface area contributed by atoms with Gasteiger partial charge in [-0.2, -0.15) is 9.97 Å². The standard InChI is InChI=1S/C24H33ClN10O3/c1-14(2)19(12-36)31-24-32-21(20-22(33-24)35(13-28-20)15(3)4)30-16-5-6-17(18(25)11-16)23(37)27-7-9-38-10-8-29-34-26/h5-6,11,13-15,19,36H,7-10,12H2,1-4H3,(H,27,37)(H2,30,31,32,33)/t19-/m1/s1. The summed E-state index contributed by atoms with van der Waals surface area (Å²) < 4.78 is 7.22. The van der Waals surface area contributed by atoms with Crippen molar-refractivity contribution in [3.05, 3.63) is 45.6 Å². The van der Waals surface area contributed by atoms with Crippen molar-refractivity contribution in [1.82, 2.24) is 24.8 Å². The van der Waals surface area contributed by atoms with Crippen LogP contribution >= 0.6 is 11.6 Å². The van der Waals surface area contributed by atoms with E-state index in [1.165, 1.54) is 0 Å². The number of ether oxygens (including phenoxy) is 1. The first-order valence-corrected chi connectivity index (χ1v) is 12.7. The first-order valence-electron chi connectivity index (χ1n) is 12.3. The van der Waals surface area contributed by atoms with Crippen molar-refractivity contribution in [3.8, 4) is 0 Å². The van der Waals surface area contributed by atoms with E-state index >= 15 is 0 Å². The van der Waals surface area contributed by atoms with Crippen molar-refractivity contribution in [3.63, 3.8) is 0 Å². The molecule has 0 aliphatic heterocycles. The molecule has 0 aliphatic rings. The minimum Gasteiger partial charge on any atom is -0.394 e. The number of nitrogens with zero attached hydrogens (tertiary/aromatic N) is 7. The molecule has 2 heterocycles. The Morgan fingerprint density at radius 1 is 1.26 bits per heavy atom. The van der Waals surface area contributed by atoms with E-state index in [0.29, 0.717) is 34.2 Å². The van der Waals surface area contributed by atoms with Crippen molar-refractivity contribution < 1.29 is 14.6 Å². The highest BCUT2D eigenvalue weighted by atomic mass is 35.5. The molecule has 1 amide bonds. The van der Waals surface area contributed by atoms with Gasteiger partial charge in [0, 0.05) is 29.7 Å². The predicted octanol–water partition coefficient (Wildman–Crippen LogP) is 4.29. The summed E-state index contributed by atoms with van der Waals surface area (Å²) >= 11 is 6.43. The van der Waals surface area contributed by atoms with Crippen LogP contribution in [0.15, 0.2) is 29.6 Å². The number of hydrogen-bond acceptors (Lipinski definition) is 9. The van der Waals surface area contributed by atoms with Gasteiger partial charge in [0.1, 0.15) is 0 Å². The van der Waals surface area contributed by atoms with Crippen LogP contribution in [0.1, 0.15) is 44.1 Å². The number of carbonyl (C=O) groups excluding carboxylic acids is 1. The van der Waals surface area contributed by atoms with Crippen molar-refractivity contribution in [2.24, 2.45) is 11.0 Å². The second-order valence-electron chi connectivity index (χ2n) is 9.13. The van der Waals surface area contributed by atoms with Gasteiger partial charge >= 0.3 is 0 Å². The van der Waals surface area contributed by atoms with Crippen molar-refractivity contribution >= 4 is 46.1 Å². The first-order chi connectivity index (χ1) is 18.2. The van der Waals surface area contributed by atoms with Gasteiger partial charge in [0.05, 0.1) is 42.8 Å². The van der Waals surface area contributed by atoms with Gasteiger partial charge in [0.2, 0.25) is 5.95 Å². The summed E-state index contributed by atoms with van der Waals surface area (Å²) in [5.41, 5.74) is 10.4. The zero-order valence-electron chi connectivity index (χ0n) is 21.8. The lowest BCUT2D eigenvalue weighted by Gasteiger charge is -2.20. The molecule has 4 N–H and O–H groups in total. The Morgan fingerprint density at radius 3 is 2.71 bits per heavy atom. The molecule has 204 valence electrons. The molecular weight excluding hydrogens is 512 g/mol. The number of imidazole rings is 1.